The largest absolute Gasteiger partial charge is 0.406 e. The molecule has 1 amide bonds. The number of fused-ring (bicyclic) bond motifs is 1. The summed E-state index contributed by atoms with van der Waals surface area (Å²) in [6, 6.07) is 11.1. The summed E-state index contributed by atoms with van der Waals surface area (Å²) in [5, 5.41) is 2.49. The molecule has 0 saturated heterocycles. The summed E-state index contributed by atoms with van der Waals surface area (Å²) in [5.41, 5.74) is 4.02. The number of nitrogens with zero attached hydrogens (tertiary/aromatic N) is 2. The van der Waals surface area contributed by atoms with Gasteiger partial charge in [0.05, 0.1) is 10.5 Å². The average molecular weight is 492 g/mol. The summed E-state index contributed by atoms with van der Waals surface area (Å²) in [6.07, 6.45) is 3.39. The summed E-state index contributed by atoms with van der Waals surface area (Å²) < 4.78 is 29.2. The van der Waals surface area contributed by atoms with Crippen molar-refractivity contribution in [2.24, 2.45) is 0 Å². The molecule has 0 radical (unpaired) electrons. The molecule has 172 valence electrons. The second kappa shape index (κ2) is 10.6. The molecule has 2 aromatic heterocycles. The van der Waals surface area contributed by atoms with Crippen LogP contribution in [0.2, 0.25) is 10.0 Å². The van der Waals surface area contributed by atoms with E-state index in [-0.39, 0.29) is 10.8 Å². The third-order valence-corrected chi connectivity index (χ3v) is 5.47. The first kappa shape index (κ1) is 24.5. The molecule has 4 rings (SSSR count). The SMILES string of the molecule is CNC=O.Cc1cc(F)cc(-c2cnc3ccn(OC(C)c4c(Cl)ccc(F)c4Cl)c3c2)c1. The molecule has 0 aliphatic carbocycles. The lowest BCUT2D eigenvalue weighted by Gasteiger charge is -2.19. The Morgan fingerprint density at radius 3 is 2.52 bits per heavy atom. The fraction of sp³-hybridized carbons (Fsp3) is 0.167. The van der Waals surface area contributed by atoms with Crippen LogP contribution in [0.5, 0.6) is 0 Å². The molecule has 2 aromatic carbocycles. The van der Waals surface area contributed by atoms with E-state index in [0.29, 0.717) is 33.6 Å². The van der Waals surface area contributed by atoms with Gasteiger partial charge in [-0.25, -0.2) is 8.78 Å². The van der Waals surface area contributed by atoms with Gasteiger partial charge in [0.2, 0.25) is 6.41 Å². The van der Waals surface area contributed by atoms with Gasteiger partial charge >= 0.3 is 0 Å². The minimum Gasteiger partial charge on any atom is -0.406 e. The number of nitrogens with one attached hydrogen (secondary N) is 1. The molecule has 9 heteroatoms. The van der Waals surface area contributed by atoms with Crippen molar-refractivity contribution in [3.8, 4) is 11.1 Å². The maximum atomic E-state index is 13.9. The van der Waals surface area contributed by atoms with Crippen molar-refractivity contribution in [3.05, 3.63) is 87.7 Å². The van der Waals surface area contributed by atoms with Crippen LogP contribution in [-0.2, 0) is 4.79 Å². The van der Waals surface area contributed by atoms with Gasteiger partial charge in [-0.1, -0.05) is 29.3 Å². The normalized spacial score (nSPS) is 11.5. The Morgan fingerprint density at radius 1 is 1.12 bits per heavy atom. The van der Waals surface area contributed by atoms with Crippen molar-refractivity contribution in [1.82, 2.24) is 15.0 Å². The average Bonchev–Trinajstić information content (AvgIpc) is 3.18. The minimum atomic E-state index is -0.624. The Bertz CT molecular complexity index is 1270. The van der Waals surface area contributed by atoms with Gasteiger partial charge in [-0.15, -0.1) is 0 Å². The first-order valence-corrected chi connectivity index (χ1v) is 10.7. The van der Waals surface area contributed by atoms with Crippen LogP contribution in [0.15, 0.2) is 54.9 Å². The Kier molecular flexibility index (Phi) is 7.89. The lowest BCUT2D eigenvalue weighted by Crippen LogP contribution is -2.16. The number of pyridine rings is 1. The predicted molar refractivity (Wildman–Crippen MR) is 126 cm³/mol. The minimum absolute atomic E-state index is 0.0736. The highest BCUT2D eigenvalue weighted by Gasteiger charge is 2.20. The Balaban J connectivity index is 0.000000709. The highest BCUT2D eigenvalue weighted by Crippen LogP contribution is 2.33. The maximum absolute atomic E-state index is 13.9. The zero-order chi connectivity index (χ0) is 24.1. The van der Waals surface area contributed by atoms with Crippen molar-refractivity contribution >= 4 is 40.6 Å². The van der Waals surface area contributed by atoms with Crippen LogP contribution in [0, 0.1) is 18.6 Å². The van der Waals surface area contributed by atoms with E-state index in [1.54, 1.807) is 32.4 Å². The lowest BCUT2D eigenvalue weighted by atomic mass is 10.0. The van der Waals surface area contributed by atoms with Gasteiger partial charge in [0.25, 0.3) is 0 Å². The molecule has 4 aromatic rings. The number of carbonyl (C=O) groups excluding carboxylic acids is 1. The third-order valence-electron chi connectivity index (χ3n) is 4.75. The lowest BCUT2D eigenvalue weighted by molar-refractivity contribution is -0.109. The standard InChI is InChI=1S/C22H16Cl2F2N2O.C2H5NO/c1-12-7-14(9-16(25)8-12)15-10-20-19(27-11-15)5-6-28(20)29-13(2)21-17(23)3-4-18(26)22(21)24;1-3-2-4/h3-11,13H,1-2H3;2H,1H3,(H,3,4). The van der Waals surface area contributed by atoms with Gasteiger partial charge in [0.1, 0.15) is 17.2 Å². The van der Waals surface area contributed by atoms with Crippen molar-refractivity contribution < 1.29 is 18.4 Å². The summed E-state index contributed by atoms with van der Waals surface area (Å²) in [5.74, 6) is -0.875. The Labute approximate surface area is 199 Å². The molecule has 33 heavy (non-hydrogen) atoms. The Morgan fingerprint density at radius 2 is 1.85 bits per heavy atom. The first-order chi connectivity index (χ1) is 15.7. The quantitative estimate of drug-likeness (QED) is 0.269. The van der Waals surface area contributed by atoms with E-state index in [0.717, 1.165) is 11.1 Å². The summed E-state index contributed by atoms with van der Waals surface area (Å²) in [4.78, 5) is 19.5. The predicted octanol–water partition coefficient (Wildman–Crippen LogP) is 6.15. The fourth-order valence-electron chi connectivity index (χ4n) is 3.28. The number of aryl methyl sites for hydroxylation is 1. The number of benzene rings is 2. The first-order valence-electron chi connectivity index (χ1n) is 9.91. The van der Waals surface area contributed by atoms with Crippen LogP contribution in [-0.4, -0.2) is 23.2 Å². The van der Waals surface area contributed by atoms with E-state index >= 15 is 0 Å². The number of carbonyl (C=O) groups is 1. The summed E-state index contributed by atoms with van der Waals surface area (Å²) in [6.45, 7) is 3.56. The number of aromatic nitrogens is 2. The molecule has 0 aliphatic rings. The van der Waals surface area contributed by atoms with E-state index in [2.05, 4.69) is 10.3 Å². The molecule has 0 saturated carbocycles. The van der Waals surface area contributed by atoms with Crippen LogP contribution < -0.4 is 10.2 Å². The van der Waals surface area contributed by atoms with E-state index in [1.807, 2.05) is 19.1 Å². The highest BCUT2D eigenvalue weighted by atomic mass is 35.5. The second-order valence-corrected chi connectivity index (χ2v) is 7.98. The van der Waals surface area contributed by atoms with Crippen LogP contribution in [0.1, 0.15) is 24.2 Å². The third kappa shape index (κ3) is 5.61. The van der Waals surface area contributed by atoms with Gasteiger partial charge in [-0.2, -0.15) is 4.73 Å². The number of rotatable bonds is 5. The molecule has 0 aliphatic heterocycles. The number of hydrogen-bond donors (Lipinski definition) is 1. The van der Waals surface area contributed by atoms with Gasteiger partial charge < -0.3 is 10.2 Å². The van der Waals surface area contributed by atoms with Crippen LogP contribution in [0.3, 0.4) is 0 Å². The van der Waals surface area contributed by atoms with Crippen LogP contribution in [0.4, 0.5) is 8.78 Å². The second-order valence-electron chi connectivity index (χ2n) is 7.20. The van der Waals surface area contributed by atoms with Crippen LogP contribution >= 0.6 is 23.2 Å². The Hall–Kier alpha value is -3.16. The van der Waals surface area contributed by atoms with Crippen molar-refractivity contribution in [2.45, 2.75) is 20.0 Å². The molecule has 1 N–H and O–H groups in total. The van der Waals surface area contributed by atoms with Crippen LogP contribution in [0.25, 0.3) is 22.2 Å². The number of amides is 1. The summed E-state index contributed by atoms with van der Waals surface area (Å²) >= 11 is 12.3. The highest BCUT2D eigenvalue weighted by molar-refractivity contribution is 6.36. The molecule has 0 bridgehead atoms. The molecular weight excluding hydrogens is 471 g/mol. The fourth-order valence-corrected chi connectivity index (χ4v) is 3.96. The topological polar surface area (TPSA) is 56.2 Å². The molecular formula is C24H21Cl2F2N3O2. The number of halogens is 4. The van der Waals surface area contributed by atoms with Crippen molar-refractivity contribution in [1.29, 1.82) is 0 Å². The zero-order valence-corrected chi connectivity index (χ0v) is 19.6. The summed E-state index contributed by atoms with van der Waals surface area (Å²) in [7, 11) is 1.56. The molecule has 0 spiro atoms. The van der Waals surface area contributed by atoms with Gasteiger partial charge in [0, 0.05) is 35.6 Å². The molecule has 2 heterocycles. The molecule has 1 unspecified atom stereocenters. The van der Waals surface area contributed by atoms with E-state index in [4.69, 9.17) is 32.8 Å². The zero-order valence-electron chi connectivity index (χ0n) is 18.1. The molecule has 5 nitrogen and oxygen atoms in total. The monoisotopic (exact) mass is 491 g/mol. The van der Waals surface area contributed by atoms with Gasteiger partial charge in [0.15, 0.2) is 6.10 Å². The maximum Gasteiger partial charge on any atom is 0.206 e. The molecule has 0 fully saturated rings. The van der Waals surface area contributed by atoms with Crippen molar-refractivity contribution in [3.63, 3.8) is 0 Å². The van der Waals surface area contributed by atoms with E-state index in [1.165, 1.54) is 29.0 Å². The smallest absolute Gasteiger partial charge is 0.206 e. The van der Waals surface area contributed by atoms with Gasteiger partial charge in [-0.3, -0.25) is 9.78 Å². The van der Waals surface area contributed by atoms with E-state index < -0.39 is 11.9 Å². The van der Waals surface area contributed by atoms with Gasteiger partial charge in [-0.05, 0) is 61.4 Å². The van der Waals surface area contributed by atoms with Crippen molar-refractivity contribution in [2.75, 3.05) is 7.05 Å². The molecule has 1 atom stereocenters. The van der Waals surface area contributed by atoms with E-state index in [9.17, 15) is 8.78 Å². The number of hydrogen-bond acceptors (Lipinski definition) is 3.